The molecule has 0 aliphatic heterocycles. The van der Waals surface area contributed by atoms with E-state index < -0.39 is 0 Å². The highest BCUT2D eigenvalue weighted by Gasteiger charge is 2.26. The van der Waals surface area contributed by atoms with Gasteiger partial charge in [-0.2, -0.15) is 0 Å². The zero-order chi connectivity index (χ0) is 15.5. The first kappa shape index (κ1) is 17.2. The average molecular weight is 279 g/mol. The summed E-state index contributed by atoms with van der Waals surface area (Å²) < 4.78 is 14.4. The largest absolute Gasteiger partial charge is 0.310 e. The molecule has 1 rings (SSSR count). The molecule has 1 aromatic carbocycles. The predicted molar refractivity (Wildman–Crippen MR) is 85.5 cm³/mol. The molecule has 114 valence electrons. The lowest BCUT2D eigenvalue weighted by atomic mass is 9.77. The Bertz CT molecular complexity index is 422. The Morgan fingerprint density at radius 3 is 2.25 bits per heavy atom. The third kappa shape index (κ3) is 4.31. The predicted octanol–water partition coefficient (Wildman–Crippen LogP) is 5.17. The van der Waals surface area contributed by atoms with Crippen LogP contribution in [0.15, 0.2) is 12.1 Å². The van der Waals surface area contributed by atoms with E-state index in [9.17, 15) is 4.39 Å². The van der Waals surface area contributed by atoms with Crippen molar-refractivity contribution in [1.82, 2.24) is 5.32 Å². The van der Waals surface area contributed by atoms with Gasteiger partial charge in [-0.3, -0.25) is 0 Å². The summed E-state index contributed by atoms with van der Waals surface area (Å²) >= 11 is 0. The van der Waals surface area contributed by atoms with Crippen molar-refractivity contribution in [3.05, 3.63) is 34.6 Å². The Morgan fingerprint density at radius 1 is 1.20 bits per heavy atom. The molecule has 20 heavy (non-hydrogen) atoms. The molecule has 1 nitrogen and oxygen atoms in total. The summed E-state index contributed by atoms with van der Waals surface area (Å²) in [6.07, 6.45) is 0.957. The smallest absolute Gasteiger partial charge is 0.128 e. The Labute approximate surface area is 124 Å². The fourth-order valence-electron chi connectivity index (χ4n) is 2.62. The molecule has 0 saturated heterocycles. The lowest BCUT2D eigenvalue weighted by molar-refractivity contribution is 0.222. The third-order valence-corrected chi connectivity index (χ3v) is 4.35. The SMILES string of the molecule is CCNC(CC(C)C(C)(C)C)c1c(C)cc(C)cc1F. The number of aryl methyl sites for hydroxylation is 2. The van der Waals surface area contributed by atoms with E-state index in [0.717, 1.165) is 29.7 Å². The molecule has 2 unspecified atom stereocenters. The molecule has 0 radical (unpaired) electrons. The van der Waals surface area contributed by atoms with Crippen LogP contribution in [-0.4, -0.2) is 6.54 Å². The molecule has 0 aliphatic rings. The number of nitrogens with one attached hydrogen (secondary N) is 1. The van der Waals surface area contributed by atoms with Crippen LogP contribution in [0.2, 0.25) is 0 Å². The van der Waals surface area contributed by atoms with Crippen molar-refractivity contribution < 1.29 is 4.39 Å². The van der Waals surface area contributed by atoms with Gasteiger partial charge in [-0.15, -0.1) is 0 Å². The van der Waals surface area contributed by atoms with Crippen molar-refractivity contribution >= 4 is 0 Å². The maximum Gasteiger partial charge on any atom is 0.128 e. The van der Waals surface area contributed by atoms with Gasteiger partial charge >= 0.3 is 0 Å². The van der Waals surface area contributed by atoms with Gasteiger partial charge in [0.25, 0.3) is 0 Å². The quantitative estimate of drug-likeness (QED) is 0.784. The number of hydrogen-bond acceptors (Lipinski definition) is 1. The zero-order valence-electron chi connectivity index (χ0n) is 14.1. The van der Waals surface area contributed by atoms with Crippen molar-refractivity contribution in [2.75, 3.05) is 6.54 Å². The minimum atomic E-state index is -0.0745. The van der Waals surface area contributed by atoms with E-state index >= 15 is 0 Å². The van der Waals surface area contributed by atoms with Gasteiger partial charge in [0.05, 0.1) is 0 Å². The van der Waals surface area contributed by atoms with Crippen LogP contribution in [0.5, 0.6) is 0 Å². The number of benzene rings is 1. The number of hydrogen-bond donors (Lipinski definition) is 1. The first-order valence-corrected chi connectivity index (χ1v) is 7.66. The van der Waals surface area contributed by atoms with Crippen LogP contribution in [0.3, 0.4) is 0 Å². The van der Waals surface area contributed by atoms with Crippen LogP contribution < -0.4 is 5.32 Å². The maximum atomic E-state index is 14.4. The Morgan fingerprint density at radius 2 is 1.80 bits per heavy atom. The molecule has 2 heteroatoms. The molecule has 0 saturated carbocycles. The summed E-state index contributed by atoms with van der Waals surface area (Å²) in [6, 6.07) is 3.81. The van der Waals surface area contributed by atoms with Gasteiger partial charge in [-0.25, -0.2) is 4.39 Å². The van der Waals surface area contributed by atoms with Crippen molar-refractivity contribution in [1.29, 1.82) is 0 Å². The minimum Gasteiger partial charge on any atom is -0.310 e. The van der Waals surface area contributed by atoms with Gasteiger partial charge < -0.3 is 5.32 Å². The van der Waals surface area contributed by atoms with Crippen molar-refractivity contribution in [2.45, 2.75) is 60.9 Å². The fraction of sp³-hybridized carbons (Fsp3) is 0.667. The molecular weight excluding hydrogens is 249 g/mol. The van der Waals surface area contributed by atoms with Crippen molar-refractivity contribution in [2.24, 2.45) is 11.3 Å². The monoisotopic (exact) mass is 279 g/mol. The lowest BCUT2D eigenvalue weighted by Gasteiger charge is -2.32. The summed E-state index contributed by atoms with van der Waals surface area (Å²) in [7, 11) is 0. The Hall–Kier alpha value is -0.890. The van der Waals surface area contributed by atoms with E-state index in [0.29, 0.717) is 5.92 Å². The maximum absolute atomic E-state index is 14.4. The van der Waals surface area contributed by atoms with Gasteiger partial charge in [-0.05, 0) is 55.3 Å². The Kier molecular flexibility index (Phi) is 5.76. The molecule has 0 heterocycles. The summed E-state index contributed by atoms with van der Waals surface area (Å²) in [6.45, 7) is 15.9. The highest BCUT2D eigenvalue weighted by Crippen LogP contribution is 2.35. The summed E-state index contributed by atoms with van der Waals surface area (Å²) in [5, 5.41) is 3.46. The second-order valence-corrected chi connectivity index (χ2v) is 7.09. The molecule has 0 bridgehead atoms. The Balaban J connectivity index is 3.09. The van der Waals surface area contributed by atoms with Crippen molar-refractivity contribution in [3.8, 4) is 0 Å². The van der Waals surface area contributed by atoms with Gasteiger partial charge in [0, 0.05) is 11.6 Å². The van der Waals surface area contributed by atoms with Crippen LogP contribution in [-0.2, 0) is 0 Å². The molecule has 1 N–H and O–H groups in total. The first-order chi connectivity index (χ1) is 9.16. The molecule has 0 aliphatic carbocycles. The number of rotatable bonds is 5. The van der Waals surface area contributed by atoms with Gasteiger partial charge in [0.2, 0.25) is 0 Å². The summed E-state index contributed by atoms with van der Waals surface area (Å²) in [5.41, 5.74) is 3.12. The number of halogens is 1. The van der Waals surface area contributed by atoms with Crippen LogP contribution in [0.25, 0.3) is 0 Å². The summed E-state index contributed by atoms with van der Waals surface area (Å²) in [4.78, 5) is 0. The highest BCUT2D eigenvalue weighted by atomic mass is 19.1. The van der Waals surface area contributed by atoms with E-state index in [-0.39, 0.29) is 17.3 Å². The molecule has 0 spiro atoms. The third-order valence-electron chi connectivity index (χ3n) is 4.35. The minimum absolute atomic E-state index is 0.0745. The summed E-state index contributed by atoms with van der Waals surface area (Å²) in [5.74, 6) is 0.446. The molecule has 1 aromatic rings. The van der Waals surface area contributed by atoms with Crippen LogP contribution in [0, 0.1) is 31.0 Å². The second kappa shape index (κ2) is 6.71. The van der Waals surface area contributed by atoms with Gasteiger partial charge in [0.1, 0.15) is 5.82 Å². The molecule has 0 amide bonds. The normalized spacial score (nSPS) is 15.2. The van der Waals surface area contributed by atoms with E-state index in [4.69, 9.17) is 0 Å². The van der Waals surface area contributed by atoms with Crippen LogP contribution in [0.1, 0.15) is 63.8 Å². The van der Waals surface area contributed by atoms with Crippen molar-refractivity contribution in [3.63, 3.8) is 0 Å². The zero-order valence-corrected chi connectivity index (χ0v) is 14.1. The van der Waals surface area contributed by atoms with Gasteiger partial charge in [0.15, 0.2) is 0 Å². The molecule has 0 fully saturated rings. The van der Waals surface area contributed by atoms with E-state index in [2.05, 4.69) is 46.0 Å². The fourth-order valence-corrected chi connectivity index (χ4v) is 2.62. The standard InChI is InChI=1S/C18H30FN/c1-8-20-16(11-14(4)18(5,6)7)17-13(3)9-12(2)10-15(17)19/h9-10,14,16,20H,8,11H2,1-7H3. The van der Waals surface area contributed by atoms with E-state index in [1.54, 1.807) is 6.07 Å². The molecular formula is C18H30FN. The van der Waals surface area contributed by atoms with Crippen LogP contribution in [0.4, 0.5) is 4.39 Å². The first-order valence-electron chi connectivity index (χ1n) is 7.66. The average Bonchev–Trinajstić information content (AvgIpc) is 2.26. The molecule has 2 atom stereocenters. The van der Waals surface area contributed by atoms with E-state index in [1.165, 1.54) is 0 Å². The highest BCUT2D eigenvalue weighted by molar-refractivity contribution is 5.34. The lowest BCUT2D eigenvalue weighted by Crippen LogP contribution is -2.28. The van der Waals surface area contributed by atoms with E-state index in [1.807, 2.05) is 13.8 Å². The topological polar surface area (TPSA) is 12.0 Å². The van der Waals surface area contributed by atoms with Gasteiger partial charge in [-0.1, -0.05) is 40.7 Å². The van der Waals surface area contributed by atoms with Crippen LogP contribution >= 0.6 is 0 Å². The second-order valence-electron chi connectivity index (χ2n) is 7.09. The molecule has 0 aromatic heterocycles.